The number of amides is 1. The number of sulfonamides is 1. The number of aromatic nitrogens is 2. The number of benzene rings is 2. The predicted octanol–water partition coefficient (Wildman–Crippen LogP) is 4.09. The summed E-state index contributed by atoms with van der Waals surface area (Å²) in [4.78, 5) is 24.0. The summed E-state index contributed by atoms with van der Waals surface area (Å²) in [5.74, 6) is 0.263. The third kappa shape index (κ3) is 5.35. The molecule has 1 aromatic heterocycles. The number of rotatable bonds is 7. The summed E-state index contributed by atoms with van der Waals surface area (Å²) in [5.41, 5.74) is 3.67. The minimum atomic E-state index is -3.56. The normalized spacial score (nSPS) is 17.7. The van der Waals surface area contributed by atoms with Crippen molar-refractivity contribution in [3.8, 4) is 11.3 Å². The zero-order valence-corrected chi connectivity index (χ0v) is 23.7. The average Bonchev–Trinajstić information content (AvgIpc) is 3.32. The first-order valence-corrected chi connectivity index (χ1v) is 14.9. The molecular formula is C26H29IN6O3S. The van der Waals surface area contributed by atoms with Crippen molar-refractivity contribution in [2.24, 2.45) is 0 Å². The Morgan fingerprint density at radius 2 is 1.92 bits per heavy atom. The average molecular weight is 633 g/mol. The van der Waals surface area contributed by atoms with Crippen LogP contribution < -0.4 is 10.6 Å². The van der Waals surface area contributed by atoms with Crippen molar-refractivity contribution < 1.29 is 13.2 Å². The van der Waals surface area contributed by atoms with E-state index in [4.69, 9.17) is 4.98 Å². The van der Waals surface area contributed by atoms with Gasteiger partial charge < -0.3 is 10.6 Å². The van der Waals surface area contributed by atoms with Crippen LogP contribution in [0.1, 0.15) is 25.8 Å². The van der Waals surface area contributed by atoms with Crippen LogP contribution >= 0.6 is 22.6 Å². The van der Waals surface area contributed by atoms with Crippen LogP contribution in [0.25, 0.3) is 11.3 Å². The Morgan fingerprint density at radius 1 is 1.16 bits per heavy atom. The molecule has 1 saturated heterocycles. The molecule has 0 saturated carbocycles. The van der Waals surface area contributed by atoms with Crippen LogP contribution in [0.3, 0.4) is 0 Å². The van der Waals surface area contributed by atoms with E-state index in [9.17, 15) is 13.2 Å². The van der Waals surface area contributed by atoms with Crippen LogP contribution in [-0.4, -0.2) is 65.7 Å². The van der Waals surface area contributed by atoms with Crippen LogP contribution in [0.4, 0.5) is 17.3 Å². The fourth-order valence-electron chi connectivity index (χ4n) is 4.98. The van der Waals surface area contributed by atoms with Crippen LogP contribution in [0.15, 0.2) is 53.6 Å². The number of fused-ring (bicyclic) bond motifs is 3. The van der Waals surface area contributed by atoms with Gasteiger partial charge in [0.1, 0.15) is 0 Å². The van der Waals surface area contributed by atoms with Crippen LogP contribution in [0.2, 0.25) is 0 Å². The fraction of sp³-hybridized carbons (Fsp3) is 0.346. The second kappa shape index (κ2) is 10.6. The molecule has 2 aliphatic rings. The molecule has 3 aromatic rings. The molecule has 0 bridgehead atoms. The number of hydrogen-bond donors (Lipinski definition) is 2. The summed E-state index contributed by atoms with van der Waals surface area (Å²) in [6, 6.07) is 12.8. The Balaban J connectivity index is 1.35. The van der Waals surface area contributed by atoms with Gasteiger partial charge in [0.25, 0.3) is 0 Å². The second-order valence-electron chi connectivity index (χ2n) is 9.16. The lowest BCUT2D eigenvalue weighted by atomic mass is 10.1. The van der Waals surface area contributed by atoms with Gasteiger partial charge in [0.2, 0.25) is 21.9 Å². The summed E-state index contributed by atoms with van der Waals surface area (Å²) >= 11 is 2.21. The van der Waals surface area contributed by atoms with Crippen molar-refractivity contribution in [2.75, 3.05) is 36.8 Å². The Labute approximate surface area is 230 Å². The first-order valence-electron chi connectivity index (χ1n) is 12.4. The van der Waals surface area contributed by atoms with Crippen molar-refractivity contribution in [1.29, 1.82) is 0 Å². The SMILES string of the molecule is CCN(CC)C1CCN(S(=O)(=O)c2ccc(Nc3ncc4c(n3)-c3ccc(I)cc3NC(=O)C4)cc2)C1. The van der Waals surface area contributed by atoms with Crippen molar-refractivity contribution >= 4 is 55.8 Å². The maximum Gasteiger partial charge on any atom is 0.243 e. The van der Waals surface area contributed by atoms with E-state index in [1.165, 1.54) is 0 Å². The highest BCUT2D eigenvalue weighted by Crippen LogP contribution is 2.34. The quantitative estimate of drug-likeness (QED) is 0.378. The third-order valence-electron chi connectivity index (χ3n) is 6.93. The van der Waals surface area contributed by atoms with E-state index in [-0.39, 0.29) is 23.3 Å². The van der Waals surface area contributed by atoms with Gasteiger partial charge in [0.05, 0.1) is 22.7 Å². The number of carbonyl (C=O) groups excluding carboxylic acids is 1. The molecule has 3 heterocycles. The first kappa shape index (κ1) is 26.0. The van der Waals surface area contributed by atoms with Crippen molar-refractivity contribution in [3.63, 3.8) is 0 Å². The highest BCUT2D eigenvalue weighted by molar-refractivity contribution is 14.1. The Morgan fingerprint density at radius 3 is 2.65 bits per heavy atom. The van der Waals surface area contributed by atoms with Gasteiger partial charge in [0.15, 0.2) is 0 Å². The lowest BCUT2D eigenvalue weighted by Crippen LogP contribution is -2.38. The van der Waals surface area contributed by atoms with E-state index in [0.29, 0.717) is 30.4 Å². The van der Waals surface area contributed by atoms with Crippen LogP contribution in [-0.2, 0) is 21.2 Å². The zero-order chi connectivity index (χ0) is 26.2. The monoisotopic (exact) mass is 632 g/mol. The van der Waals surface area contributed by atoms with E-state index < -0.39 is 10.0 Å². The summed E-state index contributed by atoms with van der Waals surface area (Å²) in [6.45, 7) is 7.09. The molecule has 0 spiro atoms. The van der Waals surface area contributed by atoms with Gasteiger partial charge >= 0.3 is 0 Å². The van der Waals surface area contributed by atoms with Gasteiger partial charge in [-0.3, -0.25) is 9.69 Å². The number of nitrogens with one attached hydrogen (secondary N) is 2. The third-order valence-corrected chi connectivity index (χ3v) is 9.48. The maximum absolute atomic E-state index is 13.2. The molecule has 0 radical (unpaired) electrons. The van der Waals surface area contributed by atoms with Crippen molar-refractivity contribution in [1.82, 2.24) is 19.2 Å². The fourth-order valence-corrected chi connectivity index (χ4v) is 6.96. The maximum atomic E-state index is 13.2. The highest BCUT2D eigenvalue weighted by Gasteiger charge is 2.34. The molecule has 2 aliphatic heterocycles. The highest BCUT2D eigenvalue weighted by atomic mass is 127. The largest absolute Gasteiger partial charge is 0.325 e. The predicted molar refractivity (Wildman–Crippen MR) is 152 cm³/mol. The molecule has 194 valence electrons. The van der Waals surface area contributed by atoms with Gasteiger partial charge in [-0.2, -0.15) is 4.31 Å². The van der Waals surface area contributed by atoms with Crippen LogP contribution in [0.5, 0.6) is 0 Å². The van der Waals surface area contributed by atoms with E-state index >= 15 is 0 Å². The standard InChI is InChI=1S/C26H29IN6O3S/c1-3-32(4-2)20-11-12-33(16-20)37(35,36)21-8-6-19(7-9-21)29-26-28-15-17-13-24(34)30-23-14-18(27)5-10-22(23)25(17)31-26/h5-10,14-15,20H,3-4,11-13,16H2,1-2H3,(H,30,34)(H,28,29,31). The summed E-state index contributed by atoms with van der Waals surface area (Å²) in [6.07, 6.45) is 2.70. The van der Waals surface area contributed by atoms with Crippen molar-refractivity contribution in [3.05, 3.63) is 57.8 Å². The van der Waals surface area contributed by atoms with Crippen LogP contribution in [0, 0.1) is 3.57 Å². The lowest BCUT2D eigenvalue weighted by Gasteiger charge is -2.26. The molecule has 1 amide bonds. The molecule has 11 heteroatoms. The van der Waals surface area contributed by atoms with E-state index in [1.54, 1.807) is 34.8 Å². The minimum Gasteiger partial charge on any atom is -0.325 e. The number of hydrogen-bond acceptors (Lipinski definition) is 7. The molecule has 5 rings (SSSR count). The number of likely N-dealkylation sites (N-methyl/N-ethyl adjacent to an activating group) is 1. The first-order chi connectivity index (χ1) is 17.8. The van der Waals surface area contributed by atoms with Crippen molar-refractivity contribution in [2.45, 2.75) is 37.6 Å². The summed E-state index contributed by atoms with van der Waals surface area (Å²) in [5, 5.41) is 6.11. The van der Waals surface area contributed by atoms with E-state index in [0.717, 1.165) is 39.9 Å². The molecule has 37 heavy (non-hydrogen) atoms. The Bertz CT molecular complexity index is 1430. The van der Waals surface area contributed by atoms with Gasteiger partial charge in [-0.1, -0.05) is 13.8 Å². The zero-order valence-electron chi connectivity index (χ0n) is 20.7. The van der Waals surface area contributed by atoms with Gasteiger partial charge in [-0.15, -0.1) is 0 Å². The number of anilines is 3. The summed E-state index contributed by atoms with van der Waals surface area (Å²) in [7, 11) is -3.56. The smallest absolute Gasteiger partial charge is 0.243 e. The molecule has 9 nitrogen and oxygen atoms in total. The Kier molecular flexibility index (Phi) is 7.48. The number of halogens is 1. The minimum absolute atomic E-state index is 0.107. The van der Waals surface area contributed by atoms with Gasteiger partial charge in [-0.05, 0) is 84.6 Å². The molecule has 1 atom stereocenters. The summed E-state index contributed by atoms with van der Waals surface area (Å²) < 4.78 is 29.1. The van der Waals surface area contributed by atoms with E-state index in [2.05, 4.69) is 57.0 Å². The Hall–Kier alpha value is -2.61. The van der Waals surface area contributed by atoms with Gasteiger partial charge in [0, 0.05) is 45.7 Å². The molecular weight excluding hydrogens is 603 g/mol. The topological polar surface area (TPSA) is 108 Å². The molecule has 0 aliphatic carbocycles. The molecule has 1 unspecified atom stereocenters. The van der Waals surface area contributed by atoms with E-state index in [1.807, 2.05) is 18.2 Å². The number of nitrogens with zero attached hydrogens (tertiary/aromatic N) is 4. The lowest BCUT2D eigenvalue weighted by molar-refractivity contribution is -0.115. The second-order valence-corrected chi connectivity index (χ2v) is 12.3. The van der Waals surface area contributed by atoms with Gasteiger partial charge in [-0.25, -0.2) is 18.4 Å². The molecule has 2 N–H and O–H groups in total. The number of carbonyl (C=O) groups is 1. The molecule has 2 aromatic carbocycles. The molecule has 1 fully saturated rings.